The third-order valence-electron chi connectivity index (χ3n) is 3.14. The summed E-state index contributed by atoms with van der Waals surface area (Å²) in [5, 5.41) is 0. The van der Waals surface area contributed by atoms with E-state index in [0.29, 0.717) is 5.95 Å². The Bertz CT molecular complexity index is 690. The summed E-state index contributed by atoms with van der Waals surface area (Å²) in [5.74, 6) is 2.28. The number of furan rings is 1. The second-order valence-electron chi connectivity index (χ2n) is 4.59. The molecule has 0 aliphatic rings. The third kappa shape index (κ3) is 3.31. The van der Waals surface area contributed by atoms with Gasteiger partial charge >= 0.3 is 0 Å². The van der Waals surface area contributed by atoms with E-state index in [1.807, 2.05) is 36.4 Å². The Morgan fingerprint density at radius 1 is 0.952 bits per heavy atom. The molecule has 1 heterocycles. The second-order valence-corrected chi connectivity index (χ2v) is 5.63. The molecule has 0 unspecified atom stereocenters. The topological polar surface area (TPSA) is 22.4 Å². The van der Waals surface area contributed by atoms with Crippen molar-refractivity contribution in [3.63, 3.8) is 0 Å². The monoisotopic (exact) mass is 296 g/mol. The molecule has 0 atom stereocenters. The maximum atomic E-state index is 5.80. The first-order valence-corrected chi connectivity index (χ1v) is 7.75. The Labute approximate surface area is 128 Å². The molecule has 0 saturated heterocycles. The molecule has 3 heteroatoms. The summed E-state index contributed by atoms with van der Waals surface area (Å²) in [4.78, 5) is 1.23. The fraction of sp³-hybridized carbons (Fsp3) is 0.111. The molecule has 0 saturated carbocycles. The van der Waals surface area contributed by atoms with Crippen LogP contribution in [0.5, 0.6) is 5.95 Å². The van der Waals surface area contributed by atoms with Crippen LogP contribution in [0.1, 0.15) is 5.76 Å². The van der Waals surface area contributed by atoms with Crippen LogP contribution in [-0.2, 0) is 5.75 Å². The predicted octanol–water partition coefficient (Wildman–Crippen LogP) is 5.25. The highest BCUT2D eigenvalue weighted by molar-refractivity contribution is 7.98. The molecule has 2 nitrogen and oxygen atoms in total. The lowest BCUT2D eigenvalue weighted by atomic mass is 10.1. The van der Waals surface area contributed by atoms with Gasteiger partial charge < -0.3 is 9.15 Å². The Hall–Kier alpha value is -2.13. The van der Waals surface area contributed by atoms with Gasteiger partial charge in [0.25, 0.3) is 5.95 Å². The number of thioether (sulfide) groups is 1. The van der Waals surface area contributed by atoms with Crippen LogP contribution < -0.4 is 4.74 Å². The largest absolute Gasteiger partial charge is 0.468 e. The number of hydrogen-bond donors (Lipinski definition) is 0. The summed E-state index contributed by atoms with van der Waals surface area (Å²) < 4.78 is 11.2. The minimum Gasteiger partial charge on any atom is -0.468 e. The van der Waals surface area contributed by atoms with Crippen molar-refractivity contribution >= 4 is 11.8 Å². The lowest BCUT2D eigenvalue weighted by molar-refractivity contribution is 0.299. The maximum absolute atomic E-state index is 5.80. The Morgan fingerprint density at radius 2 is 1.62 bits per heavy atom. The highest BCUT2D eigenvalue weighted by atomic mass is 32.2. The van der Waals surface area contributed by atoms with Crippen molar-refractivity contribution < 1.29 is 9.15 Å². The maximum Gasteiger partial charge on any atom is 0.292 e. The third-order valence-corrected chi connectivity index (χ3v) is 4.18. The standard InChI is InChI=1S/C18H16O2S/c1-19-18-17(14-8-4-2-5-9-14)12-15(20-18)13-21-16-10-6-3-7-11-16/h2-12H,13H2,1H3. The molecule has 0 radical (unpaired) electrons. The van der Waals surface area contributed by atoms with Crippen LogP contribution in [0.15, 0.2) is 76.0 Å². The summed E-state index contributed by atoms with van der Waals surface area (Å²) in [6.07, 6.45) is 0. The molecule has 0 bridgehead atoms. The van der Waals surface area contributed by atoms with Gasteiger partial charge in [-0.15, -0.1) is 11.8 Å². The van der Waals surface area contributed by atoms with Crippen LogP contribution in [0.4, 0.5) is 0 Å². The number of ether oxygens (including phenoxy) is 1. The van der Waals surface area contributed by atoms with E-state index < -0.39 is 0 Å². The number of benzene rings is 2. The number of methoxy groups -OCH3 is 1. The molecule has 0 amide bonds. The van der Waals surface area contributed by atoms with Crippen molar-refractivity contribution in [1.29, 1.82) is 0 Å². The quantitative estimate of drug-likeness (QED) is 0.601. The molecule has 0 fully saturated rings. The van der Waals surface area contributed by atoms with Crippen molar-refractivity contribution in [3.8, 4) is 17.1 Å². The average Bonchev–Trinajstić information content (AvgIpc) is 2.98. The Balaban J connectivity index is 1.80. The van der Waals surface area contributed by atoms with Gasteiger partial charge in [0.15, 0.2) is 0 Å². The summed E-state index contributed by atoms with van der Waals surface area (Å²) in [6.45, 7) is 0. The van der Waals surface area contributed by atoms with Gasteiger partial charge in [0, 0.05) is 4.90 Å². The minimum atomic E-state index is 0.574. The molecule has 2 aromatic carbocycles. The highest BCUT2D eigenvalue weighted by Crippen LogP contribution is 2.35. The number of rotatable bonds is 5. The summed E-state index contributed by atoms with van der Waals surface area (Å²) in [5.41, 5.74) is 2.11. The van der Waals surface area contributed by atoms with E-state index in [0.717, 1.165) is 22.6 Å². The van der Waals surface area contributed by atoms with E-state index in [2.05, 4.69) is 30.3 Å². The van der Waals surface area contributed by atoms with Crippen molar-refractivity contribution in [2.45, 2.75) is 10.6 Å². The molecule has 3 rings (SSSR count). The lowest BCUT2D eigenvalue weighted by Crippen LogP contribution is -1.82. The Kier molecular flexibility index (Phi) is 4.31. The van der Waals surface area contributed by atoms with Crippen LogP contribution in [0, 0.1) is 0 Å². The average molecular weight is 296 g/mol. The van der Waals surface area contributed by atoms with Gasteiger partial charge in [0.2, 0.25) is 0 Å². The highest BCUT2D eigenvalue weighted by Gasteiger charge is 2.13. The second kappa shape index (κ2) is 6.55. The van der Waals surface area contributed by atoms with Crippen LogP contribution >= 0.6 is 11.8 Å². The molecule has 0 N–H and O–H groups in total. The van der Waals surface area contributed by atoms with Crippen molar-refractivity contribution in [2.24, 2.45) is 0 Å². The van der Waals surface area contributed by atoms with Crippen LogP contribution in [0.25, 0.3) is 11.1 Å². The van der Waals surface area contributed by atoms with Gasteiger partial charge in [0.05, 0.1) is 18.4 Å². The fourth-order valence-electron chi connectivity index (χ4n) is 2.14. The SMILES string of the molecule is COc1oc(CSc2ccccc2)cc1-c1ccccc1. The summed E-state index contributed by atoms with van der Waals surface area (Å²) in [6, 6.07) is 22.5. The zero-order valence-corrected chi connectivity index (χ0v) is 12.6. The molecular weight excluding hydrogens is 280 g/mol. The van der Waals surface area contributed by atoms with Gasteiger partial charge in [-0.3, -0.25) is 0 Å². The molecule has 0 spiro atoms. The minimum absolute atomic E-state index is 0.574. The first-order valence-electron chi connectivity index (χ1n) is 6.77. The zero-order chi connectivity index (χ0) is 14.5. The van der Waals surface area contributed by atoms with Crippen LogP contribution in [0.3, 0.4) is 0 Å². The van der Waals surface area contributed by atoms with Crippen LogP contribution in [-0.4, -0.2) is 7.11 Å². The fourth-order valence-corrected chi connectivity index (χ4v) is 2.94. The summed E-state index contributed by atoms with van der Waals surface area (Å²) in [7, 11) is 1.64. The first-order chi connectivity index (χ1) is 10.4. The molecular formula is C18H16O2S. The first kappa shape index (κ1) is 13.8. The molecule has 106 valence electrons. The van der Waals surface area contributed by atoms with E-state index in [9.17, 15) is 0 Å². The van der Waals surface area contributed by atoms with Gasteiger partial charge in [-0.05, 0) is 23.8 Å². The van der Waals surface area contributed by atoms with E-state index >= 15 is 0 Å². The van der Waals surface area contributed by atoms with Crippen molar-refractivity contribution in [1.82, 2.24) is 0 Å². The zero-order valence-electron chi connectivity index (χ0n) is 11.8. The molecule has 0 aliphatic carbocycles. The summed E-state index contributed by atoms with van der Waals surface area (Å²) >= 11 is 1.75. The molecule has 3 aromatic rings. The molecule has 0 aliphatic heterocycles. The van der Waals surface area contributed by atoms with E-state index in [4.69, 9.17) is 9.15 Å². The van der Waals surface area contributed by atoms with Gasteiger partial charge in [-0.25, -0.2) is 0 Å². The van der Waals surface area contributed by atoms with E-state index in [1.165, 1.54) is 4.90 Å². The van der Waals surface area contributed by atoms with Crippen molar-refractivity contribution in [3.05, 3.63) is 72.5 Å². The Morgan fingerprint density at radius 3 is 2.29 bits per heavy atom. The van der Waals surface area contributed by atoms with Crippen LogP contribution in [0.2, 0.25) is 0 Å². The molecule has 1 aromatic heterocycles. The predicted molar refractivity (Wildman–Crippen MR) is 86.7 cm³/mol. The van der Waals surface area contributed by atoms with Gasteiger partial charge in [-0.1, -0.05) is 48.5 Å². The van der Waals surface area contributed by atoms with Crippen molar-refractivity contribution in [2.75, 3.05) is 7.11 Å². The lowest BCUT2D eigenvalue weighted by Gasteiger charge is -1.99. The molecule has 21 heavy (non-hydrogen) atoms. The van der Waals surface area contributed by atoms with E-state index in [-0.39, 0.29) is 0 Å². The van der Waals surface area contributed by atoms with E-state index in [1.54, 1.807) is 18.9 Å². The number of hydrogen-bond acceptors (Lipinski definition) is 3. The normalized spacial score (nSPS) is 10.5. The smallest absolute Gasteiger partial charge is 0.292 e. The van der Waals surface area contributed by atoms with Gasteiger partial charge in [-0.2, -0.15) is 0 Å². The van der Waals surface area contributed by atoms with Gasteiger partial charge in [0.1, 0.15) is 5.76 Å².